The summed E-state index contributed by atoms with van der Waals surface area (Å²) >= 11 is 0. The predicted molar refractivity (Wildman–Crippen MR) is 85.1 cm³/mol. The second-order valence-electron chi connectivity index (χ2n) is 6.21. The first-order valence-corrected chi connectivity index (χ1v) is 8.13. The van der Waals surface area contributed by atoms with Crippen LogP contribution in [0.25, 0.3) is 0 Å². The Balaban J connectivity index is 1.84. The van der Waals surface area contributed by atoms with Gasteiger partial charge in [0, 0.05) is 37.4 Å². The van der Waals surface area contributed by atoms with Gasteiger partial charge < -0.3 is 10.6 Å². The van der Waals surface area contributed by atoms with E-state index in [9.17, 15) is 0 Å². The van der Waals surface area contributed by atoms with Gasteiger partial charge in [-0.3, -0.25) is 4.90 Å². The van der Waals surface area contributed by atoms with E-state index in [4.69, 9.17) is 5.73 Å². The third kappa shape index (κ3) is 2.70. The van der Waals surface area contributed by atoms with Gasteiger partial charge in [0.25, 0.3) is 0 Å². The number of rotatable bonds is 3. The Hall–Kier alpha value is -1.06. The molecule has 2 aliphatic rings. The fraction of sp³-hybridized carbons (Fsp3) is 0.647. The Morgan fingerprint density at radius 1 is 1.20 bits per heavy atom. The Bertz CT molecular complexity index is 446. The van der Waals surface area contributed by atoms with E-state index >= 15 is 0 Å². The first kappa shape index (κ1) is 13.9. The summed E-state index contributed by atoms with van der Waals surface area (Å²) in [6, 6.07) is 9.65. The molecule has 0 bridgehead atoms. The average Bonchev–Trinajstić information content (AvgIpc) is 2.83. The zero-order valence-corrected chi connectivity index (χ0v) is 12.6. The minimum absolute atomic E-state index is 0.161. The monoisotopic (exact) mass is 273 g/mol. The molecule has 0 aliphatic carbocycles. The highest BCUT2D eigenvalue weighted by atomic mass is 15.3. The van der Waals surface area contributed by atoms with E-state index in [2.05, 4.69) is 41.0 Å². The van der Waals surface area contributed by atoms with Crippen LogP contribution in [-0.2, 0) is 0 Å². The van der Waals surface area contributed by atoms with Gasteiger partial charge in [0.05, 0.1) is 0 Å². The van der Waals surface area contributed by atoms with Crippen LogP contribution in [0.15, 0.2) is 24.3 Å². The standard InChI is InChI=1S/C17H27N3/c1-2-16(18)15-8-3-4-9-17(15)20-12-6-11-19-10-5-7-14(19)13-20/h3-4,8-9,14,16H,2,5-7,10-13,18H2,1H3. The number of nitrogens with two attached hydrogens (primary N) is 1. The molecule has 110 valence electrons. The fourth-order valence-electron chi connectivity index (χ4n) is 3.73. The van der Waals surface area contributed by atoms with Crippen molar-refractivity contribution >= 4 is 5.69 Å². The molecule has 1 aromatic carbocycles. The molecule has 3 heteroatoms. The molecule has 2 aliphatic heterocycles. The van der Waals surface area contributed by atoms with Crippen LogP contribution in [0.1, 0.15) is 44.2 Å². The maximum atomic E-state index is 6.31. The van der Waals surface area contributed by atoms with Gasteiger partial charge in [-0.25, -0.2) is 0 Å². The van der Waals surface area contributed by atoms with Crippen molar-refractivity contribution in [3.63, 3.8) is 0 Å². The lowest BCUT2D eigenvalue weighted by molar-refractivity contribution is 0.273. The average molecular weight is 273 g/mol. The SMILES string of the molecule is CCC(N)c1ccccc1N1CCCN2CCCC2C1. The van der Waals surface area contributed by atoms with Crippen molar-refractivity contribution in [1.29, 1.82) is 0 Å². The molecule has 0 aromatic heterocycles. The molecule has 2 N–H and O–H groups in total. The Kier molecular flexibility index (Phi) is 4.27. The minimum Gasteiger partial charge on any atom is -0.370 e. The van der Waals surface area contributed by atoms with Crippen LogP contribution in [0.2, 0.25) is 0 Å². The van der Waals surface area contributed by atoms with Crippen molar-refractivity contribution in [2.45, 2.75) is 44.7 Å². The number of fused-ring (bicyclic) bond motifs is 1. The second-order valence-corrected chi connectivity index (χ2v) is 6.21. The van der Waals surface area contributed by atoms with E-state index in [1.807, 2.05) is 0 Å². The number of benzene rings is 1. The van der Waals surface area contributed by atoms with Crippen molar-refractivity contribution in [3.05, 3.63) is 29.8 Å². The molecule has 2 atom stereocenters. The van der Waals surface area contributed by atoms with Crippen LogP contribution < -0.4 is 10.6 Å². The van der Waals surface area contributed by atoms with Crippen LogP contribution in [0.3, 0.4) is 0 Å². The van der Waals surface area contributed by atoms with Crippen molar-refractivity contribution < 1.29 is 0 Å². The van der Waals surface area contributed by atoms with E-state index in [1.165, 1.54) is 56.7 Å². The van der Waals surface area contributed by atoms with E-state index in [0.29, 0.717) is 0 Å². The first-order valence-electron chi connectivity index (χ1n) is 8.13. The van der Waals surface area contributed by atoms with Crippen LogP contribution in [0.5, 0.6) is 0 Å². The minimum atomic E-state index is 0.161. The normalized spacial score (nSPS) is 25.3. The molecule has 3 rings (SSSR count). The topological polar surface area (TPSA) is 32.5 Å². The van der Waals surface area contributed by atoms with Gasteiger partial charge in [-0.05, 0) is 43.9 Å². The third-order valence-corrected chi connectivity index (χ3v) is 4.92. The van der Waals surface area contributed by atoms with Crippen LogP contribution >= 0.6 is 0 Å². The predicted octanol–water partition coefficient (Wildman–Crippen LogP) is 2.77. The summed E-state index contributed by atoms with van der Waals surface area (Å²) in [5.41, 5.74) is 9.00. The maximum Gasteiger partial charge on any atom is 0.0415 e. The molecule has 0 amide bonds. The van der Waals surface area contributed by atoms with Crippen molar-refractivity contribution in [2.75, 3.05) is 31.1 Å². The van der Waals surface area contributed by atoms with Crippen molar-refractivity contribution in [1.82, 2.24) is 4.90 Å². The van der Waals surface area contributed by atoms with E-state index in [-0.39, 0.29) is 6.04 Å². The molecule has 2 unspecified atom stereocenters. The van der Waals surface area contributed by atoms with E-state index < -0.39 is 0 Å². The van der Waals surface area contributed by atoms with Gasteiger partial charge in [0.15, 0.2) is 0 Å². The highest BCUT2D eigenvalue weighted by molar-refractivity contribution is 5.55. The summed E-state index contributed by atoms with van der Waals surface area (Å²) in [5.74, 6) is 0. The van der Waals surface area contributed by atoms with Gasteiger partial charge in [0.1, 0.15) is 0 Å². The number of anilines is 1. The van der Waals surface area contributed by atoms with Crippen LogP contribution in [0, 0.1) is 0 Å². The molecule has 2 saturated heterocycles. The zero-order chi connectivity index (χ0) is 13.9. The van der Waals surface area contributed by atoms with Crippen LogP contribution in [-0.4, -0.2) is 37.1 Å². The molecule has 1 aromatic rings. The summed E-state index contributed by atoms with van der Waals surface area (Å²) in [7, 11) is 0. The van der Waals surface area contributed by atoms with Crippen LogP contribution in [0.4, 0.5) is 5.69 Å². The summed E-state index contributed by atoms with van der Waals surface area (Å²) in [5, 5.41) is 0. The van der Waals surface area contributed by atoms with E-state index in [1.54, 1.807) is 0 Å². The molecule has 0 saturated carbocycles. The number of nitrogens with zero attached hydrogens (tertiary/aromatic N) is 2. The molecule has 2 fully saturated rings. The second kappa shape index (κ2) is 6.15. The summed E-state index contributed by atoms with van der Waals surface area (Å²) in [6.45, 7) is 7.08. The molecule has 0 spiro atoms. The maximum absolute atomic E-state index is 6.31. The molecular formula is C17H27N3. The van der Waals surface area contributed by atoms with Gasteiger partial charge in [-0.1, -0.05) is 25.1 Å². The smallest absolute Gasteiger partial charge is 0.0415 e. The highest BCUT2D eigenvalue weighted by Crippen LogP contribution is 2.30. The Morgan fingerprint density at radius 2 is 2.00 bits per heavy atom. The summed E-state index contributed by atoms with van der Waals surface area (Å²) in [6.07, 6.45) is 5.00. The molecular weight excluding hydrogens is 246 g/mol. The number of hydrogen-bond donors (Lipinski definition) is 1. The lowest BCUT2D eigenvalue weighted by Gasteiger charge is -2.30. The summed E-state index contributed by atoms with van der Waals surface area (Å²) in [4.78, 5) is 5.27. The molecule has 0 radical (unpaired) electrons. The molecule has 20 heavy (non-hydrogen) atoms. The fourth-order valence-corrected chi connectivity index (χ4v) is 3.73. The van der Waals surface area contributed by atoms with Crippen molar-refractivity contribution in [3.8, 4) is 0 Å². The largest absolute Gasteiger partial charge is 0.370 e. The van der Waals surface area contributed by atoms with Gasteiger partial charge in [-0.2, -0.15) is 0 Å². The van der Waals surface area contributed by atoms with Gasteiger partial charge >= 0.3 is 0 Å². The quantitative estimate of drug-likeness (QED) is 0.919. The number of para-hydroxylation sites is 1. The molecule has 3 nitrogen and oxygen atoms in total. The lowest BCUT2D eigenvalue weighted by atomic mass is 10.0. The van der Waals surface area contributed by atoms with E-state index in [0.717, 1.165) is 12.5 Å². The van der Waals surface area contributed by atoms with Gasteiger partial charge in [0.2, 0.25) is 0 Å². The third-order valence-electron chi connectivity index (χ3n) is 4.92. The number of hydrogen-bond acceptors (Lipinski definition) is 3. The summed E-state index contributed by atoms with van der Waals surface area (Å²) < 4.78 is 0. The Labute approximate surface area is 122 Å². The van der Waals surface area contributed by atoms with Crippen molar-refractivity contribution in [2.24, 2.45) is 5.73 Å². The highest BCUT2D eigenvalue weighted by Gasteiger charge is 2.29. The Morgan fingerprint density at radius 3 is 2.85 bits per heavy atom. The van der Waals surface area contributed by atoms with Gasteiger partial charge in [-0.15, -0.1) is 0 Å². The zero-order valence-electron chi connectivity index (χ0n) is 12.6. The molecule has 2 heterocycles. The first-order chi connectivity index (χ1) is 9.79. The lowest BCUT2D eigenvalue weighted by Crippen LogP contribution is -2.37.